The number of H-pyrrole nitrogens is 1. The molecule has 6 nitrogen and oxygen atoms in total. The largest absolute Gasteiger partial charge is 0.389 e. The topological polar surface area (TPSA) is 78.5 Å². The Morgan fingerprint density at radius 1 is 1.85 bits per heavy atom. The highest BCUT2D eigenvalue weighted by Gasteiger charge is 2.27. The van der Waals surface area contributed by atoms with Crippen molar-refractivity contribution < 1.29 is 14.7 Å². The molecule has 0 aromatic carbocycles. The second-order valence-corrected chi connectivity index (χ2v) is 2.79. The third-order valence-corrected chi connectivity index (χ3v) is 1.76. The number of nitrogens with one attached hydrogen (secondary N) is 1. The summed E-state index contributed by atoms with van der Waals surface area (Å²) in [6.45, 7) is 0.373. The Kier molecular flexibility index (Phi) is 1.99. The molecule has 70 valence electrons. The lowest BCUT2D eigenvalue weighted by Gasteiger charge is -2.11. The average molecular weight is 183 g/mol. The molecule has 1 aromatic rings. The van der Waals surface area contributed by atoms with E-state index >= 15 is 0 Å². The van der Waals surface area contributed by atoms with E-state index in [1.54, 1.807) is 6.07 Å². The number of hydrogen-bond donors (Lipinski definition) is 2. The number of aliphatic hydroxyl groups excluding tert-OH is 1. The third kappa shape index (κ3) is 1.53. The molecule has 1 amide bonds. The van der Waals surface area contributed by atoms with Gasteiger partial charge in [-0.1, -0.05) is 0 Å². The number of nitrogens with zero attached hydrogens (tertiary/aromatic N) is 2. The maximum atomic E-state index is 11.5. The summed E-state index contributed by atoms with van der Waals surface area (Å²) < 4.78 is 0. The molecule has 13 heavy (non-hydrogen) atoms. The van der Waals surface area contributed by atoms with Crippen LogP contribution in [0.1, 0.15) is 10.5 Å². The molecule has 1 aromatic heterocycles. The van der Waals surface area contributed by atoms with Crippen LogP contribution in [0.15, 0.2) is 12.3 Å². The molecule has 0 saturated carbocycles. The number of rotatable bonds is 1. The first-order chi connectivity index (χ1) is 6.27. The fourth-order valence-electron chi connectivity index (χ4n) is 1.12. The van der Waals surface area contributed by atoms with Gasteiger partial charge in [0.1, 0.15) is 18.4 Å². The Morgan fingerprint density at radius 2 is 2.69 bits per heavy atom. The summed E-state index contributed by atoms with van der Waals surface area (Å²) >= 11 is 0. The zero-order chi connectivity index (χ0) is 9.26. The molecule has 0 bridgehead atoms. The Bertz CT molecular complexity index is 298. The van der Waals surface area contributed by atoms with Gasteiger partial charge < -0.3 is 5.11 Å². The lowest BCUT2D eigenvalue weighted by Crippen LogP contribution is -2.28. The molecule has 2 heterocycles. The molecular formula is C7H9N3O3. The molecule has 1 atom stereocenters. The number of amides is 1. The van der Waals surface area contributed by atoms with E-state index in [2.05, 4.69) is 10.2 Å². The molecule has 6 heteroatoms. The van der Waals surface area contributed by atoms with Gasteiger partial charge >= 0.3 is 0 Å². The van der Waals surface area contributed by atoms with Crippen molar-refractivity contribution >= 4 is 5.91 Å². The molecule has 0 radical (unpaired) electrons. The lowest BCUT2D eigenvalue weighted by atomic mass is 10.3. The van der Waals surface area contributed by atoms with Crippen LogP contribution in [-0.2, 0) is 4.84 Å². The van der Waals surface area contributed by atoms with Crippen molar-refractivity contribution in [1.82, 2.24) is 15.3 Å². The number of aromatic nitrogens is 2. The normalized spacial score (nSPS) is 22.2. The number of aromatic amines is 1. The quantitative estimate of drug-likeness (QED) is 0.595. The Morgan fingerprint density at radius 3 is 3.23 bits per heavy atom. The van der Waals surface area contributed by atoms with Gasteiger partial charge in [-0.25, -0.2) is 5.06 Å². The lowest BCUT2D eigenvalue weighted by molar-refractivity contribution is -0.0783. The summed E-state index contributed by atoms with van der Waals surface area (Å²) in [5.74, 6) is -0.311. The fourth-order valence-corrected chi connectivity index (χ4v) is 1.12. The molecule has 2 rings (SSSR count). The molecule has 0 aliphatic carbocycles. The third-order valence-electron chi connectivity index (χ3n) is 1.76. The minimum atomic E-state index is -0.591. The standard InChI is InChI=1S/C7H9N3O3/c11-5-3-10(13-4-5)7(12)6-1-2-8-9-6/h1-2,5,11H,3-4H2,(H,8,9). The first-order valence-corrected chi connectivity index (χ1v) is 3.89. The van der Waals surface area contributed by atoms with Crippen molar-refractivity contribution in [2.75, 3.05) is 13.2 Å². The highest BCUT2D eigenvalue weighted by Crippen LogP contribution is 2.09. The Balaban J connectivity index is 2.06. The summed E-state index contributed by atoms with van der Waals surface area (Å²) in [7, 11) is 0. The van der Waals surface area contributed by atoms with Gasteiger partial charge in [0.15, 0.2) is 0 Å². The monoisotopic (exact) mass is 183 g/mol. The number of carbonyl (C=O) groups is 1. The van der Waals surface area contributed by atoms with Crippen LogP contribution in [-0.4, -0.2) is 45.5 Å². The number of hydrogen-bond acceptors (Lipinski definition) is 4. The summed E-state index contributed by atoms with van der Waals surface area (Å²) in [4.78, 5) is 16.4. The highest BCUT2D eigenvalue weighted by molar-refractivity contribution is 5.91. The molecule has 0 spiro atoms. The minimum Gasteiger partial charge on any atom is -0.389 e. The zero-order valence-corrected chi connectivity index (χ0v) is 6.80. The predicted octanol–water partition coefficient (Wildman–Crippen LogP) is -0.842. The summed E-state index contributed by atoms with van der Waals surface area (Å²) in [5.41, 5.74) is 0.356. The van der Waals surface area contributed by atoms with Crippen LogP contribution in [0, 0.1) is 0 Å². The molecule has 1 saturated heterocycles. The van der Waals surface area contributed by atoms with Crippen LogP contribution in [0.25, 0.3) is 0 Å². The van der Waals surface area contributed by atoms with E-state index < -0.39 is 6.10 Å². The molecule has 1 aliphatic heterocycles. The van der Waals surface area contributed by atoms with Crippen LogP contribution < -0.4 is 0 Å². The van der Waals surface area contributed by atoms with Crippen LogP contribution in [0.2, 0.25) is 0 Å². The van der Waals surface area contributed by atoms with E-state index in [1.807, 2.05) is 0 Å². The van der Waals surface area contributed by atoms with Gasteiger partial charge in [0, 0.05) is 6.20 Å². The molecule has 2 N–H and O–H groups in total. The molecule has 1 unspecified atom stereocenters. The molecule has 1 aliphatic rings. The van der Waals surface area contributed by atoms with Crippen molar-refractivity contribution in [3.63, 3.8) is 0 Å². The van der Waals surface area contributed by atoms with Crippen LogP contribution in [0.5, 0.6) is 0 Å². The van der Waals surface area contributed by atoms with E-state index in [0.717, 1.165) is 5.06 Å². The first kappa shape index (κ1) is 8.21. The summed E-state index contributed by atoms with van der Waals surface area (Å²) in [5, 5.41) is 16.4. The fraction of sp³-hybridized carbons (Fsp3) is 0.429. The number of hydroxylamine groups is 2. The second-order valence-electron chi connectivity index (χ2n) is 2.79. The molecule has 1 fully saturated rings. The maximum absolute atomic E-state index is 11.5. The van der Waals surface area contributed by atoms with Crippen molar-refractivity contribution in [2.24, 2.45) is 0 Å². The summed E-state index contributed by atoms with van der Waals surface area (Å²) in [6.07, 6.45) is 0.895. The van der Waals surface area contributed by atoms with Gasteiger partial charge in [-0.3, -0.25) is 14.7 Å². The zero-order valence-electron chi connectivity index (χ0n) is 6.80. The van der Waals surface area contributed by atoms with Gasteiger partial charge in [-0.15, -0.1) is 0 Å². The Labute approximate surface area is 74.1 Å². The predicted molar refractivity (Wildman–Crippen MR) is 41.6 cm³/mol. The molecular weight excluding hydrogens is 174 g/mol. The van der Waals surface area contributed by atoms with E-state index in [0.29, 0.717) is 5.69 Å². The maximum Gasteiger partial charge on any atom is 0.295 e. The number of aliphatic hydroxyl groups is 1. The van der Waals surface area contributed by atoms with E-state index in [9.17, 15) is 4.79 Å². The number of carbonyl (C=O) groups excluding carboxylic acids is 1. The average Bonchev–Trinajstić information content (AvgIpc) is 2.72. The van der Waals surface area contributed by atoms with Crippen molar-refractivity contribution in [2.45, 2.75) is 6.10 Å². The van der Waals surface area contributed by atoms with Crippen LogP contribution >= 0.6 is 0 Å². The van der Waals surface area contributed by atoms with Gasteiger partial charge in [0.2, 0.25) is 0 Å². The summed E-state index contributed by atoms with van der Waals surface area (Å²) in [6, 6.07) is 1.55. The second kappa shape index (κ2) is 3.15. The van der Waals surface area contributed by atoms with Gasteiger partial charge in [0.25, 0.3) is 5.91 Å². The smallest absolute Gasteiger partial charge is 0.295 e. The van der Waals surface area contributed by atoms with Crippen LogP contribution in [0.4, 0.5) is 0 Å². The van der Waals surface area contributed by atoms with Crippen molar-refractivity contribution in [3.05, 3.63) is 18.0 Å². The van der Waals surface area contributed by atoms with Crippen molar-refractivity contribution in [3.8, 4) is 0 Å². The SMILES string of the molecule is O=C(c1ccn[nH]1)N1CC(O)CO1. The number of β-amino-alcohol motifs (C(OH)–C–C–N with tert-alkyl or cyclic N) is 1. The minimum absolute atomic E-state index is 0.167. The van der Waals surface area contributed by atoms with E-state index in [1.165, 1.54) is 6.20 Å². The van der Waals surface area contributed by atoms with Crippen molar-refractivity contribution in [1.29, 1.82) is 0 Å². The highest BCUT2D eigenvalue weighted by atomic mass is 16.7. The van der Waals surface area contributed by atoms with Crippen LogP contribution in [0.3, 0.4) is 0 Å². The van der Waals surface area contributed by atoms with E-state index in [4.69, 9.17) is 9.94 Å². The first-order valence-electron chi connectivity index (χ1n) is 3.89. The van der Waals surface area contributed by atoms with E-state index in [-0.39, 0.29) is 19.1 Å². The van der Waals surface area contributed by atoms with Gasteiger partial charge in [0.05, 0.1) is 6.54 Å². The van der Waals surface area contributed by atoms with Gasteiger partial charge in [-0.2, -0.15) is 5.10 Å². The van der Waals surface area contributed by atoms with Gasteiger partial charge in [-0.05, 0) is 6.07 Å². The Hall–Kier alpha value is -1.40.